The van der Waals surface area contributed by atoms with Crippen LogP contribution >= 0.6 is 46.5 Å². The van der Waals surface area contributed by atoms with Crippen molar-refractivity contribution in [3.63, 3.8) is 0 Å². The van der Waals surface area contributed by atoms with Gasteiger partial charge in [0.25, 0.3) is 5.91 Å². The smallest absolute Gasteiger partial charge is 0.250 e. The van der Waals surface area contributed by atoms with Gasteiger partial charge in [-0.25, -0.2) is 5.43 Å². The first-order chi connectivity index (χ1) is 16.6. The Hall–Kier alpha value is -2.85. The third kappa shape index (κ3) is 7.88. The summed E-state index contributed by atoms with van der Waals surface area (Å²) in [7, 11) is 0. The summed E-state index contributed by atoms with van der Waals surface area (Å²) in [6, 6.07) is 24.7. The number of nitrogens with zero attached hydrogens (tertiary/aromatic N) is 3. The summed E-state index contributed by atoms with van der Waals surface area (Å²) >= 11 is 10.3. The molecule has 0 atom stereocenters. The maximum atomic E-state index is 12.1. The van der Waals surface area contributed by atoms with Crippen molar-refractivity contribution < 1.29 is 9.53 Å². The van der Waals surface area contributed by atoms with Gasteiger partial charge in [0.15, 0.2) is 8.68 Å². The van der Waals surface area contributed by atoms with Gasteiger partial charge in [-0.15, -0.1) is 10.2 Å². The predicted octanol–water partition coefficient (Wildman–Crippen LogP) is 6.52. The second-order valence-electron chi connectivity index (χ2n) is 6.82. The van der Waals surface area contributed by atoms with Gasteiger partial charge in [-0.05, 0) is 47.5 Å². The number of benzene rings is 3. The topological polar surface area (TPSA) is 76.5 Å². The molecule has 0 aliphatic rings. The van der Waals surface area contributed by atoms with E-state index in [9.17, 15) is 4.79 Å². The maximum Gasteiger partial charge on any atom is 0.250 e. The van der Waals surface area contributed by atoms with E-state index < -0.39 is 0 Å². The molecule has 172 valence electrons. The second kappa shape index (κ2) is 12.6. The van der Waals surface area contributed by atoms with Gasteiger partial charge in [0.2, 0.25) is 0 Å². The van der Waals surface area contributed by atoms with Gasteiger partial charge in [-0.3, -0.25) is 4.79 Å². The van der Waals surface area contributed by atoms with Crippen molar-refractivity contribution in [1.29, 1.82) is 0 Å². The zero-order chi connectivity index (χ0) is 23.6. The highest BCUT2D eigenvalue weighted by atomic mass is 35.5. The van der Waals surface area contributed by atoms with E-state index in [0.717, 1.165) is 36.3 Å². The minimum Gasteiger partial charge on any atom is -0.457 e. The molecule has 0 unspecified atom stereocenters. The van der Waals surface area contributed by atoms with E-state index in [1.54, 1.807) is 18.0 Å². The van der Waals surface area contributed by atoms with Crippen LogP contribution in [-0.2, 0) is 10.5 Å². The van der Waals surface area contributed by atoms with Crippen molar-refractivity contribution in [2.45, 2.75) is 14.4 Å². The second-order valence-corrected chi connectivity index (χ2v) is 10.7. The highest BCUT2D eigenvalue weighted by Gasteiger charge is 2.09. The molecule has 0 spiro atoms. The van der Waals surface area contributed by atoms with Crippen LogP contribution in [-0.4, -0.2) is 28.1 Å². The van der Waals surface area contributed by atoms with Crippen LogP contribution in [0.2, 0.25) is 5.02 Å². The maximum absolute atomic E-state index is 12.1. The van der Waals surface area contributed by atoms with Gasteiger partial charge in [-0.1, -0.05) is 88.9 Å². The first-order valence-electron chi connectivity index (χ1n) is 10.1. The third-order valence-electron chi connectivity index (χ3n) is 4.23. The van der Waals surface area contributed by atoms with E-state index >= 15 is 0 Å². The minimum absolute atomic E-state index is 0.199. The lowest BCUT2D eigenvalue weighted by molar-refractivity contribution is -0.118. The van der Waals surface area contributed by atoms with Gasteiger partial charge in [0.1, 0.15) is 11.5 Å². The molecule has 0 saturated carbocycles. The van der Waals surface area contributed by atoms with Crippen LogP contribution in [0.15, 0.2) is 92.6 Å². The van der Waals surface area contributed by atoms with E-state index in [1.165, 1.54) is 23.1 Å². The van der Waals surface area contributed by atoms with Crippen molar-refractivity contribution in [3.8, 4) is 11.5 Å². The molecule has 3 aromatic carbocycles. The Bertz CT molecular complexity index is 1250. The molecule has 4 aromatic rings. The van der Waals surface area contributed by atoms with Crippen molar-refractivity contribution in [1.82, 2.24) is 15.6 Å². The van der Waals surface area contributed by atoms with Crippen LogP contribution in [0, 0.1) is 0 Å². The molecule has 0 aliphatic heterocycles. The fraction of sp³-hybridized carbons (Fsp3) is 0.0833. The van der Waals surface area contributed by atoms with E-state index in [4.69, 9.17) is 16.3 Å². The molecule has 0 radical (unpaired) electrons. The molecule has 34 heavy (non-hydrogen) atoms. The Morgan fingerprint density at radius 2 is 1.71 bits per heavy atom. The van der Waals surface area contributed by atoms with Gasteiger partial charge < -0.3 is 4.74 Å². The van der Waals surface area contributed by atoms with Crippen LogP contribution < -0.4 is 10.2 Å². The number of carbonyl (C=O) groups is 1. The molecule has 0 saturated heterocycles. The zero-order valence-corrected chi connectivity index (χ0v) is 21.0. The van der Waals surface area contributed by atoms with Crippen molar-refractivity contribution in [2.75, 3.05) is 5.75 Å². The highest BCUT2D eigenvalue weighted by molar-refractivity contribution is 8.03. The lowest BCUT2D eigenvalue weighted by atomic mass is 10.2. The van der Waals surface area contributed by atoms with Gasteiger partial charge in [-0.2, -0.15) is 5.10 Å². The number of thioether (sulfide) groups is 2. The summed E-state index contributed by atoms with van der Waals surface area (Å²) in [6.45, 7) is 0. The fourth-order valence-electron chi connectivity index (χ4n) is 2.66. The van der Waals surface area contributed by atoms with Crippen molar-refractivity contribution >= 4 is 58.6 Å². The van der Waals surface area contributed by atoms with Gasteiger partial charge >= 0.3 is 0 Å². The third-order valence-corrected chi connectivity index (χ3v) is 7.74. The lowest BCUT2D eigenvalue weighted by Gasteiger charge is -2.05. The monoisotopic (exact) mass is 526 g/mol. The number of nitrogens with one attached hydrogen (secondary N) is 1. The molecular formula is C24H19ClN4O2S3. The highest BCUT2D eigenvalue weighted by Crippen LogP contribution is 2.30. The Morgan fingerprint density at radius 3 is 2.50 bits per heavy atom. The molecule has 6 nitrogen and oxygen atoms in total. The number of para-hydroxylation sites is 1. The van der Waals surface area contributed by atoms with Crippen LogP contribution in [0.25, 0.3) is 0 Å². The van der Waals surface area contributed by atoms with Crippen molar-refractivity contribution in [2.24, 2.45) is 5.10 Å². The number of hydrazone groups is 1. The Balaban J connectivity index is 1.20. The van der Waals surface area contributed by atoms with Crippen LogP contribution in [0.5, 0.6) is 11.5 Å². The Morgan fingerprint density at radius 1 is 0.971 bits per heavy atom. The minimum atomic E-state index is -0.219. The number of hydrogen-bond acceptors (Lipinski definition) is 8. The Kier molecular flexibility index (Phi) is 8.97. The molecule has 1 heterocycles. The van der Waals surface area contributed by atoms with E-state index in [0.29, 0.717) is 5.75 Å². The summed E-state index contributed by atoms with van der Waals surface area (Å²) < 4.78 is 7.41. The van der Waals surface area contributed by atoms with Crippen LogP contribution in [0.4, 0.5) is 0 Å². The van der Waals surface area contributed by atoms with Crippen molar-refractivity contribution in [3.05, 3.63) is 95.0 Å². The lowest BCUT2D eigenvalue weighted by Crippen LogP contribution is -2.19. The fourth-order valence-corrected chi connectivity index (χ4v) is 5.56. The zero-order valence-electron chi connectivity index (χ0n) is 17.8. The average molecular weight is 527 g/mol. The first kappa shape index (κ1) is 24.3. The van der Waals surface area contributed by atoms with Crippen LogP contribution in [0.1, 0.15) is 11.1 Å². The van der Waals surface area contributed by atoms with Crippen LogP contribution in [0.3, 0.4) is 0 Å². The van der Waals surface area contributed by atoms with E-state index in [2.05, 4.69) is 20.7 Å². The number of hydrogen-bond donors (Lipinski definition) is 1. The first-order valence-corrected chi connectivity index (χ1v) is 13.3. The summed E-state index contributed by atoms with van der Waals surface area (Å²) in [5.74, 6) is 2.21. The number of halogens is 1. The molecule has 1 amide bonds. The summed E-state index contributed by atoms with van der Waals surface area (Å²) in [4.78, 5) is 12.1. The summed E-state index contributed by atoms with van der Waals surface area (Å²) in [5.41, 5.74) is 4.51. The average Bonchev–Trinajstić information content (AvgIpc) is 3.31. The number of amides is 1. The molecule has 10 heteroatoms. The standard InChI is InChI=1S/C24H19ClN4O2S3/c25-19-11-9-17(10-12-19)15-32-23-28-29-24(34-23)33-16-22(30)27-26-14-18-5-4-8-21(13-18)31-20-6-2-1-3-7-20/h1-14H,15-16H2,(H,27,30)/b26-14-. The van der Waals surface area contributed by atoms with E-state index in [-0.39, 0.29) is 11.7 Å². The number of aromatic nitrogens is 2. The van der Waals surface area contributed by atoms with Gasteiger partial charge in [0.05, 0.1) is 12.0 Å². The molecule has 1 aromatic heterocycles. The van der Waals surface area contributed by atoms with Gasteiger partial charge in [0, 0.05) is 10.8 Å². The SMILES string of the molecule is O=C(CSc1nnc(SCc2ccc(Cl)cc2)s1)N/N=C\c1cccc(Oc2ccccc2)c1. The molecule has 0 aliphatic carbocycles. The molecule has 0 bridgehead atoms. The number of rotatable bonds is 10. The summed E-state index contributed by atoms with van der Waals surface area (Å²) in [6.07, 6.45) is 1.58. The largest absolute Gasteiger partial charge is 0.457 e. The van der Waals surface area contributed by atoms with E-state index in [1.807, 2.05) is 78.9 Å². The molecule has 1 N–H and O–H groups in total. The Labute approximate surface area is 214 Å². The number of carbonyl (C=O) groups excluding carboxylic acids is 1. The quantitative estimate of drug-likeness (QED) is 0.144. The number of ether oxygens (including phenoxy) is 1. The molecule has 0 fully saturated rings. The normalized spacial score (nSPS) is 11.0. The predicted molar refractivity (Wildman–Crippen MR) is 140 cm³/mol. The molecule has 4 rings (SSSR count). The molecular weight excluding hydrogens is 508 g/mol. The summed E-state index contributed by atoms with van der Waals surface area (Å²) in [5, 5.41) is 13.1.